The average molecular weight is 1610 g/mol. The second kappa shape index (κ2) is 32.6. The maximum atomic E-state index is 13.0. The summed E-state index contributed by atoms with van der Waals surface area (Å²) in [5.41, 5.74) is 6.82. The van der Waals surface area contributed by atoms with Gasteiger partial charge in [-0.05, 0) is 72.8 Å². The maximum absolute atomic E-state index is 13.0. The second-order valence-electron chi connectivity index (χ2n) is 29.7. The number of hydrogen-bond acceptors (Lipinski definition) is 28. The number of alkyl halides is 1. The number of Topliss-reactive ketones (excluding diaryl/α,β-unsaturated/α-hetero) is 12. The topological polar surface area (TPSA) is 417 Å². The molecule has 6 aliphatic carbocycles. The molecule has 6 aliphatic rings. The zero-order valence-electron chi connectivity index (χ0n) is 65.5. The Morgan fingerprint density at radius 1 is 0.331 bits per heavy atom. The molecule has 19 rings (SSSR count). The number of nitrogens with zero attached hydrogens (tertiary/aromatic N) is 11. The molecule has 0 fully saturated rings. The van der Waals surface area contributed by atoms with Gasteiger partial charge in [0.05, 0.1) is 0 Å². The summed E-state index contributed by atoms with van der Waals surface area (Å²) in [5, 5.41) is 0. The Kier molecular flexibility index (Phi) is 22.9. The number of ketones is 12. The molecule has 0 bridgehead atoms. The highest BCUT2D eigenvalue weighted by Crippen LogP contribution is 2.42. The van der Waals surface area contributed by atoms with E-state index in [2.05, 4.69) is 66.3 Å². The molecule has 3 aromatic carbocycles. The Morgan fingerprint density at radius 2 is 0.602 bits per heavy atom. The first-order valence-electron chi connectivity index (χ1n) is 36.0. The van der Waals surface area contributed by atoms with E-state index < -0.39 is 69.4 Å². The largest absolute Gasteiger partial charge is 0.437 e. The molecule has 13 aromatic rings. The molecule has 0 saturated heterocycles. The Morgan fingerprint density at radius 3 is 0.941 bits per heavy atom. The molecule has 592 valence electrons. The molecular weight excluding hydrogens is 1540 g/mol. The minimum Gasteiger partial charge on any atom is -0.437 e. The Bertz CT molecular complexity index is 6120. The molecular formula is C87H67ClFN11O18. The monoisotopic (exact) mass is 1610 g/mol. The van der Waals surface area contributed by atoms with Gasteiger partial charge in [-0.1, -0.05) is 125 Å². The molecule has 0 atom stereocenters. The fraction of sp³-hybridized carbons (Fsp3) is 0.207. The first-order valence-corrected chi connectivity index (χ1v) is 36.7. The number of oxazole rings is 6. The predicted octanol–water partition coefficient (Wildman–Crippen LogP) is 16.4. The van der Waals surface area contributed by atoms with E-state index in [1.54, 1.807) is 91.9 Å². The molecule has 0 aliphatic heterocycles. The van der Waals surface area contributed by atoms with Crippen LogP contribution in [0, 0.1) is 19.3 Å². The number of carbonyl (C=O) groups excluding carboxylic acids is 12. The van der Waals surface area contributed by atoms with E-state index in [-0.39, 0.29) is 96.9 Å². The summed E-state index contributed by atoms with van der Waals surface area (Å²) in [6.07, 6.45) is 7.36. The molecule has 31 heteroatoms. The van der Waals surface area contributed by atoms with Crippen LogP contribution in [0.1, 0.15) is 238 Å². The third-order valence-electron chi connectivity index (χ3n) is 17.8. The summed E-state index contributed by atoms with van der Waals surface area (Å²) in [6, 6.07) is 33.0. The van der Waals surface area contributed by atoms with Crippen LogP contribution in [0.4, 0.5) is 4.39 Å². The lowest BCUT2D eigenvalue weighted by atomic mass is 9.91. The molecule has 0 unspecified atom stereocenters. The number of aromatic nitrogens is 10. The van der Waals surface area contributed by atoms with Gasteiger partial charge in [-0.2, -0.15) is 0 Å². The van der Waals surface area contributed by atoms with E-state index in [4.69, 9.17) is 33.1 Å². The van der Waals surface area contributed by atoms with Crippen molar-refractivity contribution in [1.82, 2.24) is 49.8 Å². The zero-order valence-corrected chi connectivity index (χ0v) is 66.2. The van der Waals surface area contributed by atoms with Crippen LogP contribution in [0.15, 0.2) is 173 Å². The van der Waals surface area contributed by atoms with Crippen LogP contribution in [0.25, 0.3) is 83.8 Å². The van der Waals surface area contributed by atoms with Crippen molar-refractivity contribution in [3.8, 4) is 79.0 Å². The van der Waals surface area contributed by atoms with Crippen molar-refractivity contribution in [3.05, 3.63) is 261 Å². The van der Waals surface area contributed by atoms with Gasteiger partial charge in [0.15, 0.2) is 11.8 Å². The molecule has 0 amide bonds. The van der Waals surface area contributed by atoms with Crippen LogP contribution >= 0.6 is 11.6 Å². The summed E-state index contributed by atoms with van der Waals surface area (Å²) in [4.78, 5) is 188. The lowest BCUT2D eigenvalue weighted by Gasteiger charge is -2.11. The third kappa shape index (κ3) is 15.6. The number of halogens is 2. The Labute approximate surface area is 674 Å². The highest BCUT2D eigenvalue weighted by Gasteiger charge is 2.43. The summed E-state index contributed by atoms with van der Waals surface area (Å²) in [5.74, 6) is -5.61. The number of benzene rings is 3. The lowest BCUT2D eigenvalue weighted by Crippen LogP contribution is -2.21. The van der Waals surface area contributed by atoms with Crippen LogP contribution in [0.3, 0.4) is 0 Å². The van der Waals surface area contributed by atoms with E-state index in [1.807, 2.05) is 88.3 Å². The first kappa shape index (κ1) is 82.7. The van der Waals surface area contributed by atoms with E-state index in [0.29, 0.717) is 108 Å². The number of hydrogen-bond donors (Lipinski definition) is 0. The standard InChI is InChI=1S/C16H7FN2O3.2C15H13NO3.C14H12N2O3.C13H10N2O3.C11H6N2O3.C2H3N.CH3Cl/c17-9-5-3-8(4-6-9)16-19-12-10-2-1-7-18-11(10)13(20)14(21)15(12)22-16;2*1-15(2,3)14-16-10-8-6-4-5-7-9(8)11(17)12(18)13(10)19-14;1-14(2,3)13-16-9-7-5-4-6-15-8(7)10(17)11(18)12(9)19-13;1-6(2)13-15-9-7-4-3-5-14-8(7)10(16)11(17)12(9)18-13;1-5-13-8-6-3-2-4-12-7(6)9(14)10(15)11(8)16-5;1-3-2;1-2/h1-7H;2*4-7H,1-3H3;4-6H,1-3H3;3-6H,1-2H3;2-4H,1H3;1H3;1H3. The van der Waals surface area contributed by atoms with Crippen molar-refractivity contribution >= 4 is 81.0 Å². The van der Waals surface area contributed by atoms with Gasteiger partial charge in [-0.15, -0.1) is 11.6 Å². The highest BCUT2D eigenvalue weighted by atomic mass is 35.5. The molecule has 118 heavy (non-hydrogen) atoms. The van der Waals surface area contributed by atoms with Crippen molar-refractivity contribution in [2.75, 3.05) is 13.4 Å². The van der Waals surface area contributed by atoms with Crippen LogP contribution in [0.2, 0.25) is 0 Å². The molecule has 0 spiro atoms. The number of carbonyl (C=O) groups is 12. The van der Waals surface area contributed by atoms with Gasteiger partial charge >= 0.3 is 0 Å². The maximum Gasteiger partial charge on any atom is 0.272 e. The molecule has 0 saturated carbocycles. The number of rotatable bonds is 2. The smallest absolute Gasteiger partial charge is 0.272 e. The fourth-order valence-corrected chi connectivity index (χ4v) is 12.2. The van der Waals surface area contributed by atoms with Gasteiger partial charge < -0.3 is 31.3 Å². The SMILES string of the molecule is CC(C)(C)c1nc2c(o1)C(=O)C(=O)c1ccccc1-2.CC(C)(C)c1nc2c(o1)C(=O)C(=O)c1ccccc1-2.CC(C)(C)c1nc2c(o1)C(=O)C(=O)c1ncccc1-2.CC(C)c1nc2c(o1)C(=O)C(=O)c1ncccc1-2.CCl.Cc1nc2c(o1)C(=O)C(=O)c1ncccc1-2.O=C1C(=O)c2oc(-c3ccc(F)cc3)nc2-c2cccnc21.[C-]#[N+]C. The van der Waals surface area contributed by atoms with Crippen molar-refractivity contribution < 1.29 is 88.4 Å². The normalized spacial score (nSPS) is 13.4. The van der Waals surface area contributed by atoms with Gasteiger partial charge in [0.2, 0.25) is 76.7 Å². The number of pyridine rings is 4. The number of fused-ring (bicyclic) bond motifs is 18. The van der Waals surface area contributed by atoms with Gasteiger partial charge in [0, 0.05) is 110 Å². The molecule has 10 heterocycles. The van der Waals surface area contributed by atoms with Gasteiger partial charge in [0.1, 0.15) is 62.8 Å². The van der Waals surface area contributed by atoms with E-state index in [1.165, 1.54) is 62.5 Å². The average Bonchev–Trinajstić information content (AvgIpc) is 1.61. The van der Waals surface area contributed by atoms with Crippen molar-refractivity contribution in [3.63, 3.8) is 0 Å². The van der Waals surface area contributed by atoms with Gasteiger partial charge in [-0.3, -0.25) is 77.5 Å². The Hall–Kier alpha value is -14.7. The first-order chi connectivity index (χ1) is 56.0. The van der Waals surface area contributed by atoms with Crippen LogP contribution < -0.4 is 0 Å². The fourth-order valence-electron chi connectivity index (χ4n) is 12.2. The van der Waals surface area contributed by atoms with Crippen molar-refractivity contribution in [1.29, 1.82) is 0 Å². The quantitative estimate of drug-likeness (QED) is 0.0881. The Balaban J connectivity index is 0.000000129. The summed E-state index contributed by atoms with van der Waals surface area (Å²) in [6.45, 7) is 28.8. The van der Waals surface area contributed by atoms with Crippen LogP contribution in [0.5, 0.6) is 0 Å². The second-order valence-corrected chi connectivity index (χ2v) is 29.7. The van der Waals surface area contributed by atoms with E-state index >= 15 is 0 Å². The summed E-state index contributed by atoms with van der Waals surface area (Å²) < 4.78 is 45.5. The highest BCUT2D eigenvalue weighted by molar-refractivity contribution is 6.55. The van der Waals surface area contributed by atoms with Gasteiger partial charge in [-0.25, -0.2) is 40.9 Å². The van der Waals surface area contributed by atoms with Crippen molar-refractivity contribution in [2.45, 2.75) is 105 Å². The summed E-state index contributed by atoms with van der Waals surface area (Å²) >= 11 is 4.64. The van der Waals surface area contributed by atoms with Gasteiger partial charge in [0.25, 0.3) is 57.8 Å². The molecule has 29 nitrogen and oxygen atoms in total. The predicted molar refractivity (Wildman–Crippen MR) is 419 cm³/mol. The molecule has 0 N–H and O–H groups in total. The lowest BCUT2D eigenvalue weighted by molar-refractivity contribution is 0.0794. The zero-order chi connectivity index (χ0) is 85.5. The molecule has 0 radical (unpaired) electrons. The minimum absolute atomic E-state index is 0.0167. The van der Waals surface area contributed by atoms with E-state index in [9.17, 15) is 61.9 Å². The van der Waals surface area contributed by atoms with E-state index in [0.717, 1.165) is 0 Å². The minimum atomic E-state index is -0.776. The third-order valence-corrected chi connectivity index (χ3v) is 17.8. The number of aryl methyl sites for hydroxylation is 1. The van der Waals surface area contributed by atoms with Crippen LogP contribution in [-0.2, 0) is 16.2 Å². The molecule has 10 aromatic heterocycles. The summed E-state index contributed by atoms with van der Waals surface area (Å²) in [7, 11) is 1.42. The van der Waals surface area contributed by atoms with Crippen molar-refractivity contribution in [2.24, 2.45) is 0 Å². The van der Waals surface area contributed by atoms with Crippen LogP contribution in [-0.4, -0.2) is 133 Å².